The van der Waals surface area contributed by atoms with E-state index in [1.54, 1.807) is 38.1 Å². The number of cyclic esters (lactones) is 2. The van der Waals surface area contributed by atoms with Gasteiger partial charge in [-0.25, -0.2) is 19.6 Å². The van der Waals surface area contributed by atoms with Crippen LogP contribution < -0.4 is 14.8 Å². The molecule has 1 saturated heterocycles. The first kappa shape index (κ1) is 35.1. The highest BCUT2D eigenvalue weighted by molar-refractivity contribution is 6.34. The highest BCUT2D eigenvalue weighted by atomic mass is 35.5. The molecule has 3 heterocycles. The minimum atomic E-state index is -1.53. The third-order valence-electron chi connectivity index (χ3n) is 6.99. The molecule has 0 radical (unpaired) electrons. The van der Waals surface area contributed by atoms with Gasteiger partial charge in [0, 0.05) is 18.5 Å². The number of halogens is 2. The molecule has 0 unspecified atom stereocenters. The van der Waals surface area contributed by atoms with Crippen LogP contribution in [0, 0.1) is 11.8 Å². The Kier molecular flexibility index (Phi) is 11.7. The quantitative estimate of drug-likeness (QED) is 0.195. The molecule has 13 nitrogen and oxygen atoms in total. The van der Waals surface area contributed by atoms with Gasteiger partial charge < -0.3 is 29.0 Å². The zero-order valence-corrected chi connectivity index (χ0v) is 27.2. The fourth-order valence-electron chi connectivity index (χ4n) is 4.54. The molecule has 1 amide bonds. The standard InChI is InChI=1S/C32H31Cl2N3O10/c1-16(2)29(39)46-25-17(3)45-32(42)22(15-44-30(40)20(25)12-18-8-6-5-7-9-18)37-28(38)24-26(23(43-4)10-11-35-24)47-31(41)21-13-19(33)14-36-27(21)34/h5-11,13-14,16-17,20,22,25H,12,15H2,1-4H3,(H,37,38)/t17-,20+,22-,25-/m0/s1. The van der Waals surface area contributed by atoms with E-state index in [1.807, 2.05) is 6.07 Å². The highest BCUT2D eigenvalue weighted by Gasteiger charge is 2.42. The molecule has 0 aliphatic carbocycles. The van der Waals surface area contributed by atoms with Gasteiger partial charge in [-0.1, -0.05) is 67.4 Å². The van der Waals surface area contributed by atoms with Gasteiger partial charge in [0.05, 0.1) is 23.6 Å². The number of hydrogen-bond donors (Lipinski definition) is 1. The lowest BCUT2D eigenvalue weighted by Gasteiger charge is -2.29. The van der Waals surface area contributed by atoms with Gasteiger partial charge in [0.1, 0.15) is 23.8 Å². The van der Waals surface area contributed by atoms with E-state index in [2.05, 4.69) is 15.3 Å². The number of ether oxygens (including phenoxy) is 5. The van der Waals surface area contributed by atoms with Gasteiger partial charge in [0.15, 0.2) is 23.6 Å². The van der Waals surface area contributed by atoms with Gasteiger partial charge in [-0.15, -0.1) is 0 Å². The van der Waals surface area contributed by atoms with E-state index in [1.165, 1.54) is 38.6 Å². The van der Waals surface area contributed by atoms with Crippen molar-refractivity contribution < 1.29 is 47.7 Å². The van der Waals surface area contributed by atoms with E-state index >= 15 is 0 Å². The molecule has 1 aliphatic rings. The fraction of sp³-hybridized carbons (Fsp3) is 0.344. The van der Waals surface area contributed by atoms with Crippen LogP contribution in [0.25, 0.3) is 0 Å². The van der Waals surface area contributed by atoms with Crippen molar-refractivity contribution in [2.75, 3.05) is 13.7 Å². The summed E-state index contributed by atoms with van der Waals surface area (Å²) >= 11 is 12.0. The number of amides is 1. The van der Waals surface area contributed by atoms with E-state index in [4.69, 9.17) is 46.9 Å². The average Bonchev–Trinajstić information content (AvgIpc) is 3.08. The number of rotatable bonds is 9. The Labute approximate surface area is 279 Å². The van der Waals surface area contributed by atoms with Gasteiger partial charge in [0.25, 0.3) is 5.91 Å². The molecule has 2 aromatic heterocycles. The fourth-order valence-corrected chi connectivity index (χ4v) is 4.88. The number of hydrogen-bond acceptors (Lipinski definition) is 12. The molecule has 15 heteroatoms. The maximum Gasteiger partial charge on any atom is 0.346 e. The predicted octanol–water partition coefficient (Wildman–Crippen LogP) is 4.02. The van der Waals surface area contributed by atoms with E-state index in [9.17, 15) is 24.0 Å². The van der Waals surface area contributed by atoms with Crippen LogP contribution in [0.4, 0.5) is 0 Å². The summed E-state index contributed by atoms with van der Waals surface area (Å²) in [6.45, 7) is 4.10. The van der Waals surface area contributed by atoms with Crippen molar-refractivity contribution in [1.29, 1.82) is 0 Å². The maximum atomic E-state index is 13.5. The van der Waals surface area contributed by atoms with Crippen molar-refractivity contribution in [2.45, 2.75) is 45.4 Å². The number of nitrogens with one attached hydrogen (secondary N) is 1. The van der Waals surface area contributed by atoms with E-state index < -0.39 is 77.9 Å². The Bertz CT molecular complexity index is 1650. The van der Waals surface area contributed by atoms with Gasteiger partial charge in [-0.2, -0.15) is 0 Å². The smallest absolute Gasteiger partial charge is 0.346 e. The topological polar surface area (TPSA) is 169 Å². The van der Waals surface area contributed by atoms with Crippen molar-refractivity contribution in [1.82, 2.24) is 15.3 Å². The first-order chi connectivity index (χ1) is 22.4. The number of esters is 4. The first-order valence-electron chi connectivity index (χ1n) is 14.4. The zero-order valence-electron chi connectivity index (χ0n) is 25.7. The normalized spacial score (nSPS) is 19.7. The van der Waals surface area contributed by atoms with Gasteiger partial charge in [-0.05, 0) is 25.0 Å². The highest BCUT2D eigenvalue weighted by Crippen LogP contribution is 2.32. The lowest BCUT2D eigenvalue weighted by molar-refractivity contribution is -0.176. The van der Waals surface area contributed by atoms with Gasteiger partial charge >= 0.3 is 23.9 Å². The molecule has 1 aliphatic heterocycles. The Morgan fingerprint density at radius 1 is 1.06 bits per heavy atom. The Morgan fingerprint density at radius 2 is 1.79 bits per heavy atom. The largest absolute Gasteiger partial charge is 0.493 e. The van der Waals surface area contributed by atoms with Crippen molar-refractivity contribution in [3.05, 3.63) is 81.9 Å². The molecule has 0 bridgehead atoms. The van der Waals surface area contributed by atoms with Crippen LogP contribution in [0.2, 0.25) is 10.2 Å². The molecular formula is C32H31Cl2N3O10. The summed E-state index contributed by atoms with van der Waals surface area (Å²) in [5.74, 6) is -6.43. The number of aromatic nitrogens is 2. The molecule has 3 aromatic rings. The minimum absolute atomic E-state index is 0.0553. The van der Waals surface area contributed by atoms with Crippen LogP contribution in [0.15, 0.2) is 54.9 Å². The summed E-state index contributed by atoms with van der Waals surface area (Å²) in [6.07, 6.45) is 0.240. The zero-order chi connectivity index (χ0) is 34.2. The van der Waals surface area contributed by atoms with Gasteiger partial charge in [-0.3, -0.25) is 14.4 Å². The summed E-state index contributed by atoms with van der Waals surface area (Å²) in [7, 11) is 1.27. The van der Waals surface area contributed by atoms with Crippen molar-refractivity contribution in [2.24, 2.45) is 11.8 Å². The van der Waals surface area contributed by atoms with Crippen LogP contribution in [0.3, 0.4) is 0 Å². The molecule has 47 heavy (non-hydrogen) atoms. The third-order valence-corrected chi connectivity index (χ3v) is 7.50. The Hall–Kier alpha value is -4.75. The van der Waals surface area contributed by atoms with Crippen LogP contribution in [-0.4, -0.2) is 71.7 Å². The number of carbonyl (C=O) groups excluding carboxylic acids is 5. The molecule has 248 valence electrons. The molecule has 4 atom stereocenters. The van der Waals surface area contributed by atoms with Crippen molar-refractivity contribution >= 4 is 53.0 Å². The van der Waals surface area contributed by atoms with E-state index in [0.717, 1.165) is 5.56 Å². The van der Waals surface area contributed by atoms with Gasteiger partial charge in [0.2, 0.25) is 5.75 Å². The molecule has 1 aromatic carbocycles. The minimum Gasteiger partial charge on any atom is -0.493 e. The monoisotopic (exact) mass is 687 g/mol. The summed E-state index contributed by atoms with van der Waals surface area (Å²) < 4.78 is 27.5. The number of methoxy groups -OCH3 is 1. The number of pyridine rings is 2. The van der Waals surface area contributed by atoms with Crippen LogP contribution in [0.5, 0.6) is 11.5 Å². The predicted molar refractivity (Wildman–Crippen MR) is 166 cm³/mol. The number of nitrogens with zero attached hydrogens (tertiary/aromatic N) is 2. The second-order valence-corrected chi connectivity index (χ2v) is 11.5. The summed E-state index contributed by atoms with van der Waals surface area (Å²) in [5, 5.41) is 2.31. The van der Waals surface area contributed by atoms with Crippen molar-refractivity contribution in [3.8, 4) is 11.5 Å². The summed E-state index contributed by atoms with van der Waals surface area (Å²) in [6, 6.07) is 10.0. The summed E-state index contributed by atoms with van der Waals surface area (Å²) in [4.78, 5) is 73.8. The average molecular weight is 689 g/mol. The lowest BCUT2D eigenvalue weighted by Crippen LogP contribution is -2.47. The Balaban J connectivity index is 1.61. The first-order valence-corrected chi connectivity index (χ1v) is 15.1. The molecule has 0 spiro atoms. The molecule has 1 N–H and O–H groups in total. The molecule has 1 fully saturated rings. The van der Waals surface area contributed by atoms with E-state index in [0.29, 0.717) is 0 Å². The van der Waals surface area contributed by atoms with Crippen LogP contribution in [-0.2, 0) is 35.0 Å². The van der Waals surface area contributed by atoms with Crippen LogP contribution in [0.1, 0.15) is 47.2 Å². The van der Waals surface area contributed by atoms with E-state index in [-0.39, 0.29) is 27.9 Å². The molecule has 0 saturated carbocycles. The Morgan fingerprint density at radius 3 is 2.47 bits per heavy atom. The lowest BCUT2D eigenvalue weighted by atomic mass is 9.91. The second-order valence-electron chi connectivity index (χ2n) is 10.7. The molecular weight excluding hydrogens is 657 g/mol. The number of carbonyl (C=O) groups is 5. The number of benzene rings is 1. The SMILES string of the molecule is COc1ccnc(C(=O)N[C@H]2COC(=O)[C@H](Cc3ccccc3)[C@@H](OC(=O)C(C)C)[C@H](C)OC2=O)c1OC(=O)c1cc(Cl)cnc1Cl. The maximum absolute atomic E-state index is 13.5. The van der Waals surface area contributed by atoms with Crippen molar-refractivity contribution in [3.63, 3.8) is 0 Å². The summed E-state index contributed by atoms with van der Waals surface area (Å²) in [5.41, 5.74) is 0.0974. The molecule has 4 rings (SSSR count). The van der Waals surface area contributed by atoms with Crippen LogP contribution >= 0.6 is 23.2 Å². The second kappa shape index (κ2) is 15.7. The third kappa shape index (κ3) is 8.74.